The third kappa shape index (κ3) is 4.15. The van der Waals surface area contributed by atoms with E-state index in [4.69, 9.17) is 4.74 Å². The van der Waals surface area contributed by atoms with E-state index in [0.717, 1.165) is 9.87 Å². The highest BCUT2D eigenvalue weighted by Crippen LogP contribution is 2.35. The summed E-state index contributed by atoms with van der Waals surface area (Å²) < 4.78 is 46.3. The van der Waals surface area contributed by atoms with E-state index < -0.39 is 27.8 Å². The Kier molecular flexibility index (Phi) is 5.73. The third-order valence-electron chi connectivity index (χ3n) is 5.08. The molecule has 0 radical (unpaired) electrons. The average Bonchev–Trinajstić information content (AvgIpc) is 2.79. The summed E-state index contributed by atoms with van der Waals surface area (Å²) in [6, 6.07) is 17.0. The fraction of sp³-hybridized carbons (Fsp3) is 0.136. The molecule has 0 aliphatic carbocycles. The van der Waals surface area contributed by atoms with Gasteiger partial charge in [0, 0.05) is 6.54 Å². The van der Waals surface area contributed by atoms with Crippen LogP contribution >= 0.6 is 0 Å². The average molecular weight is 442 g/mol. The van der Waals surface area contributed by atoms with Crippen LogP contribution in [0.15, 0.2) is 77.7 Å². The van der Waals surface area contributed by atoms with Crippen LogP contribution in [0.1, 0.15) is 17.2 Å². The molecule has 0 saturated heterocycles. The van der Waals surface area contributed by atoms with E-state index in [1.54, 1.807) is 17.6 Å². The molecule has 7 nitrogen and oxygen atoms in total. The van der Waals surface area contributed by atoms with Gasteiger partial charge in [-0.1, -0.05) is 24.3 Å². The number of benzene rings is 3. The molecule has 160 valence electrons. The Morgan fingerprint density at radius 1 is 1.00 bits per heavy atom. The van der Waals surface area contributed by atoms with Gasteiger partial charge >= 0.3 is 0 Å². The molecule has 0 bridgehead atoms. The summed E-state index contributed by atoms with van der Waals surface area (Å²) in [6.45, 7) is 0.0886. The number of amides is 1. The van der Waals surface area contributed by atoms with E-state index in [9.17, 15) is 22.8 Å². The lowest BCUT2D eigenvalue weighted by atomic mass is 9.94. The molecule has 0 spiro atoms. The molecule has 2 N–H and O–H groups in total. The molecule has 1 aliphatic heterocycles. The maximum atomic E-state index is 13.3. The normalized spacial score (nSPS) is 16.4. The summed E-state index contributed by atoms with van der Waals surface area (Å²) in [5.41, 5.74) is 2.96. The van der Waals surface area contributed by atoms with Gasteiger partial charge in [-0.25, -0.2) is 18.3 Å². The molecule has 1 atom stereocenters. The first-order chi connectivity index (χ1) is 14.9. The first-order valence-corrected chi connectivity index (χ1v) is 10.9. The minimum atomic E-state index is -4.05. The van der Waals surface area contributed by atoms with Gasteiger partial charge in [0.1, 0.15) is 23.4 Å². The Labute approximate surface area is 178 Å². The van der Waals surface area contributed by atoms with Gasteiger partial charge in [-0.15, -0.1) is 0 Å². The highest BCUT2D eigenvalue weighted by molar-refractivity contribution is 7.89. The van der Waals surface area contributed by atoms with E-state index in [2.05, 4.69) is 0 Å². The molecule has 3 aromatic rings. The molecule has 9 heteroatoms. The van der Waals surface area contributed by atoms with Crippen LogP contribution in [0, 0.1) is 5.82 Å². The van der Waals surface area contributed by atoms with Gasteiger partial charge in [-0.05, 0) is 66.1 Å². The molecule has 0 unspecified atom stereocenters. The van der Waals surface area contributed by atoms with Crippen LogP contribution in [-0.2, 0) is 21.2 Å². The number of hydroxylamine groups is 1. The van der Waals surface area contributed by atoms with Crippen molar-refractivity contribution in [2.75, 3.05) is 6.54 Å². The van der Waals surface area contributed by atoms with Crippen LogP contribution in [-0.4, -0.2) is 30.4 Å². The van der Waals surface area contributed by atoms with Crippen molar-refractivity contribution in [1.82, 2.24) is 9.79 Å². The second-order valence-corrected chi connectivity index (χ2v) is 8.86. The number of rotatable bonds is 5. The molecule has 0 saturated carbocycles. The minimum Gasteiger partial charge on any atom is -0.457 e. The fourth-order valence-electron chi connectivity index (χ4n) is 3.59. The van der Waals surface area contributed by atoms with E-state index in [1.807, 2.05) is 12.1 Å². The zero-order valence-corrected chi connectivity index (χ0v) is 17.0. The van der Waals surface area contributed by atoms with Crippen molar-refractivity contribution in [2.24, 2.45) is 0 Å². The van der Waals surface area contributed by atoms with E-state index >= 15 is 0 Å². The molecule has 0 aromatic heterocycles. The van der Waals surface area contributed by atoms with Crippen LogP contribution in [0.3, 0.4) is 0 Å². The van der Waals surface area contributed by atoms with Crippen LogP contribution in [0.2, 0.25) is 0 Å². The number of hydrogen-bond donors (Lipinski definition) is 2. The van der Waals surface area contributed by atoms with E-state index in [-0.39, 0.29) is 11.4 Å². The van der Waals surface area contributed by atoms with Crippen LogP contribution in [0.4, 0.5) is 4.39 Å². The predicted octanol–water partition coefficient (Wildman–Crippen LogP) is 3.41. The van der Waals surface area contributed by atoms with Crippen molar-refractivity contribution in [3.63, 3.8) is 0 Å². The lowest BCUT2D eigenvalue weighted by Crippen LogP contribution is -2.46. The summed E-state index contributed by atoms with van der Waals surface area (Å²) in [7, 11) is -4.05. The third-order valence-corrected chi connectivity index (χ3v) is 6.96. The number of fused-ring (bicyclic) bond motifs is 1. The van der Waals surface area contributed by atoms with Crippen molar-refractivity contribution in [2.45, 2.75) is 17.4 Å². The fourth-order valence-corrected chi connectivity index (χ4v) is 5.16. The first-order valence-electron chi connectivity index (χ1n) is 9.47. The van der Waals surface area contributed by atoms with Gasteiger partial charge in [-0.3, -0.25) is 10.0 Å². The quantitative estimate of drug-likeness (QED) is 0.466. The summed E-state index contributed by atoms with van der Waals surface area (Å²) in [6.07, 6.45) is 0.441. The topological polar surface area (TPSA) is 95.9 Å². The largest absolute Gasteiger partial charge is 0.457 e. The summed E-state index contributed by atoms with van der Waals surface area (Å²) in [5, 5.41) is 9.20. The van der Waals surface area contributed by atoms with Crippen molar-refractivity contribution in [3.05, 3.63) is 89.7 Å². The summed E-state index contributed by atoms with van der Waals surface area (Å²) >= 11 is 0. The number of ether oxygens (including phenoxy) is 1. The molecule has 31 heavy (non-hydrogen) atoms. The number of carbonyl (C=O) groups excluding carboxylic acids is 1. The second kappa shape index (κ2) is 8.46. The molecule has 3 aromatic carbocycles. The minimum absolute atomic E-state index is 0.0194. The molecule has 1 amide bonds. The number of nitrogens with one attached hydrogen (secondary N) is 1. The second-order valence-electron chi connectivity index (χ2n) is 6.97. The number of carbonyl (C=O) groups is 1. The van der Waals surface area contributed by atoms with Gasteiger partial charge < -0.3 is 4.74 Å². The Morgan fingerprint density at radius 2 is 1.61 bits per heavy atom. The maximum absolute atomic E-state index is 13.3. The van der Waals surface area contributed by atoms with Crippen molar-refractivity contribution >= 4 is 15.9 Å². The summed E-state index contributed by atoms with van der Waals surface area (Å²) in [5.74, 6) is -0.436. The SMILES string of the molecule is O=C(NO)[C@@H]1c2ccccc2CCN1S(=O)(=O)c1ccc(Oc2ccc(F)cc2)cc1. The molecule has 1 heterocycles. The Balaban J connectivity index is 1.62. The zero-order chi connectivity index (χ0) is 22.0. The first kappa shape index (κ1) is 21.0. The van der Waals surface area contributed by atoms with Gasteiger partial charge in [0.2, 0.25) is 10.0 Å². The van der Waals surface area contributed by atoms with Crippen molar-refractivity contribution in [3.8, 4) is 11.5 Å². The van der Waals surface area contributed by atoms with Gasteiger partial charge in [-0.2, -0.15) is 4.31 Å². The van der Waals surface area contributed by atoms with E-state index in [0.29, 0.717) is 23.5 Å². The van der Waals surface area contributed by atoms with Gasteiger partial charge in [0.25, 0.3) is 5.91 Å². The van der Waals surface area contributed by atoms with Crippen molar-refractivity contribution < 1.29 is 27.5 Å². The number of sulfonamides is 1. The molecule has 4 rings (SSSR count). The van der Waals surface area contributed by atoms with Crippen molar-refractivity contribution in [1.29, 1.82) is 0 Å². The lowest BCUT2D eigenvalue weighted by Gasteiger charge is -2.34. The Bertz CT molecular complexity index is 1200. The summed E-state index contributed by atoms with van der Waals surface area (Å²) in [4.78, 5) is 12.4. The molecule has 0 fully saturated rings. The maximum Gasteiger partial charge on any atom is 0.266 e. The predicted molar refractivity (Wildman–Crippen MR) is 110 cm³/mol. The standard InChI is InChI=1S/C22H19FN2O5S/c23-16-5-7-17(8-6-16)30-18-9-11-19(12-10-18)31(28,29)25-14-13-15-3-1-2-4-20(15)21(25)22(26)24-27/h1-12,21,27H,13-14H2,(H,24,26)/t21-/m0/s1. The zero-order valence-electron chi connectivity index (χ0n) is 16.2. The lowest BCUT2D eigenvalue weighted by molar-refractivity contribution is -0.133. The number of halogens is 1. The Hall–Kier alpha value is -3.27. The van der Waals surface area contributed by atoms with Crippen LogP contribution in [0.5, 0.6) is 11.5 Å². The highest BCUT2D eigenvalue weighted by atomic mass is 32.2. The van der Waals surface area contributed by atoms with E-state index in [1.165, 1.54) is 48.5 Å². The van der Waals surface area contributed by atoms with Gasteiger partial charge in [0.15, 0.2) is 0 Å². The molecule has 1 aliphatic rings. The molecular weight excluding hydrogens is 423 g/mol. The van der Waals surface area contributed by atoms with Crippen LogP contribution < -0.4 is 10.2 Å². The monoisotopic (exact) mass is 442 g/mol. The Morgan fingerprint density at radius 3 is 2.26 bits per heavy atom. The molecular formula is C22H19FN2O5S. The van der Waals surface area contributed by atoms with Crippen LogP contribution in [0.25, 0.3) is 0 Å². The number of nitrogens with zero attached hydrogens (tertiary/aromatic N) is 1. The highest BCUT2D eigenvalue weighted by Gasteiger charge is 2.40. The number of hydrogen-bond acceptors (Lipinski definition) is 5. The smallest absolute Gasteiger partial charge is 0.266 e. The van der Waals surface area contributed by atoms with Gasteiger partial charge in [0.05, 0.1) is 4.90 Å².